The summed E-state index contributed by atoms with van der Waals surface area (Å²) < 4.78 is 46.2. The van der Waals surface area contributed by atoms with Gasteiger partial charge in [-0.05, 0) is 42.3 Å². The van der Waals surface area contributed by atoms with Crippen LogP contribution in [0.25, 0.3) is 33.5 Å². The van der Waals surface area contributed by atoms with Crippen LogP contribution >= 0.6 is 0 Å². The number of aromatic nitrogens is 4. The molecule has 1 aliphatic rings. The highest BCUT2D eigenvalue weighted by Gasteiger charge is 2.22. The van der Waals surface area contributed by atoms with Crippen molar-refractivity contribution in [3.63, 3.8) is 0 Å². The van der Waals surface area contributed by atoms with Crippen molar-refractivity contribution in [2.75, 3.05) is 31.1 Å². The number of amides is 1. The van der Waals surface area contributed by atoms with Crippen LogP contribution in [0.15, 0.2) is 42.7 Å². The summed E-state index contributed by atoms with van der Waals surface area (Å²) in [6.45, 7) is 3.13. The molecular weight excluding hydrogens is 497 g/mol. The van der Waals surface area contributed by atoms with Crippen molar-refractivity contribution in [3.8, 4) is 28.4 Å². The molecule has 1 aromatic carbocycles. The molecule has 0 aliphatic carbocycles. The summed E-state index contributed by atoms with van der Waals surface area (Å²) in [6, 6.07) is 8.15. The van der Waals surface area contributed by atoms with Gasteiger partial charge in [-0.2, -0.15) is 13.9 Å². The Kier molecular flexibility index (Phi) is 7.17. The maximum absolute atomic E-state index is 15.2. The van der Waals surface area contributed by atoms with Crippen molar-refractivity contribution >= 4 is 22.5 Å². The standard InChI is InChI=1S/C27H27F3N6O2/c1-3-4-17-11-20(28)25(24(12-17)38-27(29)30)22-13-19-23(15-32-22)33-34-26(19)21-6-5-18(14-31-21)36-9-7-35(8-10-36)16(2)37/h5-6,11-15,27H,3-4,7-10H2,1-2H3,(H,33,34). The van der Waals surface area contributed by atoms with Gasteiger partial charge < -0.3 is 14.5 Å². The lowest BCUT2D eigenvalue weighted by Crippen LogP contribution is -2.48. The van der Waals surface area contributed by atoms with Gasteiger partial charge in [0.2, 0.25) is 5.91 Å². The minimum Gasteiger partial charge on any atom is -0.434 e. The number of fused-ring (bicyclic) bond motifs is 1. The summed E-state index contributed by atoms with van der Waals surface area (Å²) in [5.74, 6) is -0.870. The number of aryl methyl sites for hydroxylation is 1. The molecule has 1 saturated heterocycles. The molecule has 4 heterocycles. The van der Waals surface area contributed by atoms with Crippen LogP contribution in [0.1, 0.15) is 25.8 Å². The quantitative estimate of drug-likeness (QED) is 0.364. The van der Waals surface area contributed by atoms with Crippen molar-refractivity contribution in [1.29, 1.82) is 0 Å². The predicted octanol–water partition coefficient (Wildman–Crippen LogP) is 5.05. The normalized spacial score (nSPS) is 13.9. The zero-order valence-electron chi connectivity index (χ0n) is 21.0. The third-order valence-corrected chi connectivity index (χ3v) is 6.65. The van der Waals surface area contributed by atoms with Crippen LogP contribution in [-0.4, -0.2) is 63.8 Å². The lowest BCUT2D eigenvalue weighted by Gasteiger charge is -2.35. The number of carbonyl (C=O) groups is 1. The van der Waals surface area contributed by atoms with Gasteiger partial charge in [0.15, 0.2) is 0 Å². The van der Waals surface area contributed by atoms with Crippen molar-refractivity contribution in [3.05, 3.63) is 54.1 Å². The number of aromatic amines is 1. The van der Waals surface area contributed by atoms with E-state index in [9.17, 15) is 13.6 Å². The van der Waals surface area contributed by atoms with Crippen molar-refractivity contribution < 1.29 is 22.7 Å². The minimum atomic E-state index is -3.11. The number of halogens is 3. The first-order valence-corrected chi connectivity index (χ1v) is 12.4. The molecule has 198 valence electrons. The molecule has 4 aromatic rings. The number of ether oxygens (including phenoxy) is 1. The lowest BCUT2D eigenvalue weighted by atomic mass is 10.0. The number of piperazine rings is 1. The number of carbonyl (C=O) groups excluding carboxylic acids is 1. The maximum atomic E-state index is 15.2. The van der Waals surface area contributed by atoms with E-state index in [1.165, 1.54) is 18.3 Å². The molecule has 1 N–H and O–H groups in total. The number of hydrogen-bond donors (Lipinski definition) is 1. The Morgan fingerprint density at radius 3 is 2.50 bits per heavy atom. The van der Waals surface area contributed by atoms with Crippen LogP contribution in [0, 0.1) is 5.82 Å². The Morgan fingerprint density at radius 1 is 1.08 bits per heavy atom. The molecule has 3 aromatic heterocycles. The third-order valence-electron chi connectivity index (χ3n) is 6.65. The number of benzene rings is 1. The smallest absolute Gasteiger partial charge is 0.387 e. The summed E-state index contributed by atoms with van der Waals surface area (Å²) in [5.41, 5.74) is 3.22. The van der Waals surface area contributed by atoms with E-state index in [4.69, 9.17) is 4.74 Å². The van der Waals surface area contributed by atoms with Gasteiger partial charge in [0.25, 0.3) is 0 Å². The fraction of sp³-hybridized carbons (Fsp3) is 0.333. The van der Waals surface area contributed by atoms with Crippen molar-refractivity contribution in [2.45, 2.75) is 33.3 Å². The SMILES string of the molecule is CCCc1cc(F)c(-c2cc3c(-c4ccc(N5CCN(C(C)=O)CC5)cn4)n[nH]c3cn2)c(OC(F)F)c1. The van der Waals surface area contributed by atoms with Gasteiger partial charge >= 0.3 is 6.61 Å². The number of anilines is 1. The zero-order valence-corrected chi connectivity index (χ0v) is 21.0. The molecule has 0 bridgehead atoms. The van der Waals surface area contributed by atoms with E-state index in [1.54, 1.807) is 19.2 Å². The zero-order chi connectivity index (χ0) is 26.8. The molecule has 1 aliphatic heterocycles. The number of alkyl halides is 2. The minimum absolute atomic E-state index is 0.0714. The maximum Gasteiger partial charge on any atom is 0.387 e. The third kappa shape index (κ3) is 5.13. The second kappa shape index (κ2) is 10.7. The average Bonchev–Trinajstić information content (AvgIpc) is 3.32. The summed E-state index contributed by atoms with van der Waals surface area (Å²) >= 11 is 0. The average molecular weight is 525 g/mol. The largest absolute Gasteiger partial charge is 0.434 e. The van der Waals surface area contributed by atoms with Crippen molar-refractivity contribution in [1.82, 2.24) is 25.1 Å². The summed E-state index contributed by atoms with van der Waals surface area (Å²) in [4.78, 5) is 24.4. The molecule has 8 nitrogen and oxygen atoms in total. The van der Waals surface area contributed by atoms with Gasteiger partial charge in [0.1, 0.15) is 17.3 Å². The highest BCUT2D eigenvalue weighted by Crippen LogP contribution is 2.37. The van der Waals surface area contributed by atoms with E-state index in [-0.39, 0.29) is 22.9 Å². The molecule has 0 saturated carbocycles. The molecule has 0 unspecified atom stereocenters. The fourth-order valence-electron chi connectivity index (χ4n) is 4.75. The Hall–Kier alpha value is -4.15. The van der Waals surface area contributed by atoms with E-state index >= 15 is 4.39 Å². The second-order valence-corrected chi connectivity index (χ2v) is 9.16. The first-order valence-electron chi connectivity index (χ1n) is 12.4. The summed E-state index contributed by atoms with van der Waals surface area (Å²) in [7, 11) is 0. The molecule has 5 rings (SSSR count). The molecule has 0 spiro atoms. The number of pyridine rings is 2. The Morgan fingerprint density at radius 2 is 1.84 bits per heavy atom. The van der Waals surface area contributed by atoms with E-state index in [0.29, 0.717) is 60.5 Å². The first-order chi connectivity index (χ1) is 18.3. The molecule has 11 heteroatoms. The van der Waals surface area contributed by atoms with Gasteiger partial charge in [0.05, 0.1) is 40.5 Å². The van der Waals surface area contributed by atoms with Gasteiger partial charge in [0, 0.05) is 38.5 Å². The van der Waals surface area contributed by atoms with Crippen LogP contribution in [0.4, 0.5) is 18.9 Å². The molecule has 1 fully saturated rings. The number of H-pyrrole nitrogens is 1. The second-order valence-electron chi connectivity index (χ2n) is 9.16. The Balaban J connectivity index is 1.47. The highest BCUT2D eigenvalue weighted by molar-refractivity contribution is 5.94. The van der Waals surface area contributed by atoms with Gasteiger partial charge in [-0.25, -0.2) is 4.39 Å². The molecule has 0 radical (unpaired) electrons. The monoisotopic (exact) mass is 524 g/mol. The Labute approximate surface area is 217 Å². The van der Waals surface area contributed by atoms with Gasteiger partial charge in [-0.1, -0.05) is 13.3 Å². The Bertz CT molecular complexity index is 1450. The van der Waals surface area contributed by atoms with E-state index < -0.39 is 12.4 Å². The van der Waals surface area contributed by atoms with Gasteiger partial charge in [-0.3, -0.25) is 19.9 Å². The molecule has 0 atom stereocenters. The number of hydrogen-bond acceptors (Lipinski definition) is 6. The lowest BCUT2D eigenvalue weighted by molar-refractivity contribution is -0.129. The fourth-order valence-corrected chi connectivity index (χ4v) is 4.75. The number of nitrogens with zero attached hydrogens (tertiary/aromatic N) is 5. The van der Waals surface area contributed by atoms with E-state index in [2.05, 4.69) is 25.1 Å². The van der Waals surface area contributed by atoms with Crippen LogP contribution in [-0.2, 0) is 11.2 Å². The molecule has 38 heavy (non-hydrogen) atoms. The van der Waals surface area contributed by atoms with E-state index in [0.717, 1.165) is 12.1 Å². The van der Waals surface area contributed by atoms with Crippen LogP contribution in [0.2, 0.25) is 0 Å². The molecular formula is C27H27F3N6O2. The van der Waals surface area contributed by atoms with Crippen molar-refractivity contribution in [2.24, 2.45) is 0 Å². The topological polar surface area (TPSA) is 87.2 Å². The van der Waals surface area contributed by atoms with E-state index in [1.807, 2.05) is 24.0 Å². The number of nitrogens with one attached hydrogen (secondary N) is 1. The molecule has 1 amide bonds. The number of rotatable bonds is 7. The highest BCUT2D eigenvalue weighted by atomic mass is 19.3. The van der Waals surface area contributed by atoms with Crippen LogP contribution in [0.3, 0.4) is 0 Å². The summed E-state index contributed by atoms with van der Waals surface area (Å²) in [6.07, 6.45) is 4.50. The van der Waals surface area contributed by atoms with Crippen LogP contribution in [0.5, 0.6) is 5.75 Å². The van der Waals surface area contributed by atoms with Gasteiger partial charge in [-0.15, -0.1) is 0 Å². The first kappa shape index (κ1) is 25.5. The predicted molar refractivity (Wildman–Crippen MR) is 138 cm³/mol. The van der Waals surface area contributed by atoms with Crippen LogP contribution < -0.4 is 9.64 Å². The summed E-state index contributed by atoms with van der Waals surface area (Å²) in [5, 5.41) is 7.89.